The van der Waals surface area contributed by atoms with Crippen molar-refractivity contribution in [2.75, 3.05) is 25.0 Å². The van der Waals surface area contributed by atoms with E-state index in [9.17, 15) is 4.79 Å². The van der Waals surface area contributed by atoms with Crippen LogP contribution in [0.25, 0.3) is 0 Å². The van der Waals surface area contributed by atoms with Crippen LogP contribution in [0.15, 0.2) is 6.33 Å². The Balaban J connectivity index is 1.93. The Hall–Kier alpha value is -1.63. The van der Waals surface area contributed by atoms with Crippen LogP contribution in [0.1, 0.15) is 40.5 Å². The van der Waals surface area contributed by atoms with Gasteiger partial charge in [-0.3, -0.25) is 5.32 Å². The number of urea groups is 1. The molecule has 2 heterocycles. The van der Waals surface area contributed by atoms with Crippen LogP contribution < -0.4 is 5.32 Å². The minimum atomic E-state index is -0.181. The number of carbonyl (C=O) groups is 1. The molecule has 0 aromatic carbocycles. The van der Waals surface area contributed by atoms with Gasteiger partial charge in [-0.25, -0.2) is 14.5 Å². The van der Waals surface area contributed by atoms with Crippen LogP contribution in [0.2, 0.25) is 0 Å². The number of rotatable bonds is 4. The van der Waals surface area contributed by atoms with Gasteiger partial charge in [0, 0.05) is 19.7 Å². The standard InChI is InChI=1S/C14H25N5O2/c1-5-18(9-11-7-6-8-21-11)13(20)16-12-15-10-19(17-12)14(2,3)4/h10-11H,5-9H2,1-4H3,(H,16,17,20). The second kappa shape index (κ2) is 6.43. The Labute approximate surface area is 125 Å². The SMILES string of the molecule is CCN(CC1CCCO1)C(=O)Nc1ncn(C(C)(C)C)n1. The van der Waals surface area contributed by atoms with Crippen molar-refractivity contribution in [1.82, 2.24) is 19.7 Å². The predicted molar refractivity (Wildman–Crippen MR) is 80.3 cm³/mol. The number of carbonyl (C=O) groups excluding carboxylic acids is 1. The van der Waals surface area contributed by atoms with E-state index in [4.69, 9.17) is 4.74 Å². The summed E-state index contributed by atoms with van der Waals surface area (Å²) in [5, 5.41) is 7.03. The maximum absolute atomic E-state index is 12.3. The Morgan fingerprint density at radius 2 is 2.33 bits per heavy atom. The molecule has 1 fully saturated rings. The van der Waals surface area contributed by atoms with Crippen molar-refractivity contribution >= 4 is 12.0 Å². The van der Waals surface area contributed by atoms with Gasteiger partial charge >= 0.3 is 6.03 Å². The van der Waals surface area contributed by atoms with Crippen LogP contribution in [0.3, 0.4) is 0 Å². The van der Waals surface area contributed by atoms with Crippen LogP contribution in [-0.2, 0) is 10.3 Å². The predicted octanol–water partition coefficient (Wildman–Crippen LogP) is 2.07. The second-order valence-corrected chi connectivity index (χ2v) is 6.29. The summed E-state index contributed by atoms with van der Waals surface area (Å²) in [6.07, 6.45) is 3.87. The van der Waals surface area contributed by atoms with Gasteiger partial charge in [0.1, 0.15) is 6.33 Å². The van der Waals surface area contributed by atoms with Crippen LogP contribution in [0, 0.1) is 0 Å². The van der Waals surface area contributed by atoms with Gasteiger partial charge in [-0.15, -0.1) is 5.10 Å². The van der Waals surface area contributed by atoms with Crippen LogP contribution in [0.5, 0.6) is 0 Å². The quantitative estimate of drug-likeness (QED) is 0.923. The van der Waals surface area contributed by atoms with Gasteiger partial charge in [0.05, 0.1) is 11.6 Å². The Bertz CT molecular complexity index is 474. The van der Waals surface area contributed by atoms with E-state index in [1.54, 1.807) is 15.9 Å². The molecule has 1 aliphatic heterocycles. The second-order valence-electron chi connectivity index (χ2n) is 6.29. The van der Waals surface area contributed by atoms with E-state index in [1.165, 1.54) is 0 Å². The molecule has 0 bridgehead atoms. The molecule has 0 aliphatic carbocycles. The average molecular weight is 295 g/mol. The summed E-state index contributed by atoms with van der Waals surface area (Å²) >= 11 is 0. The summed E-state index contributed by atoms with van der Waals surface area (Å²) in [7, 11) is 0. The molecule has 1 N–H and O–H groups in total. The van der Waals surface area contributed by atoms with Crippen molar-refractivity contribution in [2.24, 2.45) is 0 Å². The number of likely N-dealkylation sites (N-methyl/N-ethyl adjacent to an activating group) is 1. The summed E-state index contributed by atoms with van der Waals surface area (Å²) < 4.78 is 7.31. The first-order chi connectivity index (χ1) is 9.90. The number of anilines is 1. The van der Waals surface area contributed by atoms with Crippen molar-refractivity contribution in [3.05, 3.63) is 6.33 Å². The van der Waals surface area contributed by atoms with E-state index in [2.05, 4.69) is 15.4 Å². The number of amides is 2. The average Bonchev–Trinajstić information content (AvgIpc) is 3.05. The largest absolute Gasteiger partial charge is 0.376 e. The molecule has 7 nitrogen and oxygen atoms in total. The first-order valence-electron chi connectivity index (χ1n) is 7.50. The van der Waals surface area contributed by atoms with Crippen LogP contribution in [-0.4, -0.2) is 51.5 Å². The molecule has 1 unspecified atom stereocenters. The summed E-state index contributed by atoms with van der Waals surface area (Å²) in [6.45, 7) is 10.1. The summed E-state index contributed by atoms with van der Waals surface area (Å²) in [5.41, 5.74) is -0.155. The zero-order chi connectivity index (χ0) is 15.5. The van der Waals surface area contributed by atoms with Gasteiger partial charge in [-0.05, 0) is 40.5 Å². The number of ether oxygens (including phenoxy) is 1. The maximum Gasteiger partial charge on any atom is 0.324 e. The van der Waals surface area contributed by atoms with E-state index in [0.29, 0.717) is 19.0 Å². The monoisotopic (exact) mass is 295 g/mol. The fraction of sp³-hybridized carbons (Fsp3) is 0.786. The lowest BCUT2D eigenvalue weighted by Gasteiger charge is -2.23. The third-order valence-electron chi connectivity index (χ3n) is 3.51. The van der Waals surface area contributed by atoms with E-state index in [-0.39, 0.29) is 17.7 Å². The third-order valence-corrected chi connectivity index (χ3v) is 3.51. The molecular formula is C14H25N5O2. The Morgan fingerprint density at radius 1 is 1.57 bits per heavy atom. The zero-order valence-electron chi connectivity index (χ0n) is 13.3. The van der Waals surface area contributed by atoms with Crippen LogP contribution >= 0.6 is 0 Å². The van der Waals surface area contributed by atoms with Gasteiger partial charge in [0.25, 0.3) is 0 Å². The third kappa shape index (κ3) is 4.17. The molecule has 2 amide bonds. The lowest BCUT2D eigenvalue weighted by atomic mass is 10.1. The number of hydrogen-bond acceptors (Lipinski definition) is 4. The molecule has 1 atom stereocenters. The smallest absolute Gasteiger partial charge is 0.324 e. The molecule has 0 radical (unpaired) electrons. The summed E-state index contributed by atoms with van der Waals surface area (Å²) in [6, 6.07) is -0.181. The highest BCUT2D eigenvalue weighted by Crippen LogP contribution is 2.15. The van der Waals surface area contributed by atoms with Crippen molar-refractivity contribution < 1.29 is 9.53 Å². The van der Waals surface area contributed by atoms with Crippen molar-refractivity contribution in [2.45, 2.75) is 52.2 Å². The Morgan fingerprint density at radius 3 is 2.86 bits per heavy atom. The minimum Gasteiger partial charge on any atom is -0.376 e. The van der Waals surface area contributed by atoms with E-state index in [0.717, 1.165) is 19.4 Å². The van der Waals surface area contributed by atoms with Crippen molar-refractivity contribution in [3.8, 4) is 0 Å². The maximum atomic E-state index is 12.3. The topological polar surface area (TPSA) is 72.3 Å². The van der Waals surface area contributed by atoms with E-state index in [1.807, 2.05) is 27.7 Å². The van der Waals surface area contributed by atoms with Gasteiger partial charge in [0.15, 0.2) is 0 Å². The van der Waals surface area contributed by atoms with E-state index < -0.39 is 0 Å². The first kappa shape index (κ1) is 15.8. The first-order valence-corrected chi connectivity index (χ1v) is 7.50. The molecule has 0 spiro atoms. The van der Waals surface area contributed by atoms with Gasteiger partial charge in [0.2, 0.25) is 5.95 Å². The molecule has 1 aliphatic rings. The molecular weight excluding hydrogens is 270 g/mol. The Kier molecular flexibility index (Phi) is 4.82. The van der Waals surface area contributed by atoms with Gasteiger partial charge in [-0.2, -0.15) is 0 Å². The number of aromatic nitrogens is 3. The van der Waals surface area contributed by atoms with Crippen molar-refractivity contribution in [3.63, 3.8) is 0 Å². The number of nitrogens with one attached hydrogen (secondary N) is 1. The molecule has 1 saturated heterocycles. The number of hydrogen-bond donors (Lipinski definition) is 1. The molecule has 2 rings (SSSR count). The summed E-state index contributed by atoms with van der Waals surface area (Å²) in [5.74, 6) is 0.334. The highest BCUT2D eigenvalue weighted by Gasteiger charge is 2.22. The molecule has 1 aromatic heterocycles. The van der Waals surface area contributed by atoms with Gasteiger partial charge in [-0.1, -0.05) is 0 Å². The van der Waals surface area contributed by atoms with Gasteiger partial charge < -0.3 is 9.64 Å². The number of nitrogens with zero attached hydrogens (tertiary/aromatic N) is 4. The molecule has 0 saturated carbocycles. The fourth-order valence-corrected chi connectivity index (χ4v) is 2.21. The van der Waals surface area contributed by atoms with Crippen LogP contribution in [0.4, 0.5) is 10.7 Å². The highest BCUT2D eigenvalue weighted by molar-refractivity contribution is 5.87. The fourth-order valence-electron chi connectivity index (χ4n) is 2.21. The zero-order valence-corrected chi connectivity index (χ0v) is 13.3. The lowest BCUT2D eigenvalue weighted by Crippen LogP contribution is -2.40. The minimum absolute atomic E-state index is 0.149. The molecule has 7 heteroatoms. The normalized spacial score (nSPS) is 18.8. The van der Waals surface area contributed by atoms with Crippen molar-refractivity contribution in [1.29, 1.82) is 0 Å². The lowest BCUT2D eigenvalue weighted by molar-refractivity contribution is 0.0849. The van der Waals surface area contributed by atoms with E-state index >= 15 is 0 Å². The molecule has 1 aromatic rings. The molecule has 21 heavy (non-hydrogen) atoms. The highest BCUT2D eigenvalue weighted by atomic mass is 16.5. The summed E-state index contributed by atoms with van der Waals surface area (Å²) in [4.78, 5) is 18.1. The molecule has 118 valence electrons.